The number of aryl methyl sites for hydroxylation is 1. The molecule has 0 bridgehead atoms. The predicted octanol–water partition coefficient (Wildman–Crippen LogP) is 6.69. The number of carbonyl (C=O) groups is 2. The van der Waals surface area contributed by atoms with E-state index >= 15 is 0 Å². The number of carboxylic acid groups (broad SMARTS) is 1. The van der Waals surface area contributed by atoms with Crippen LogP contribution in [0.5, 0.6) is 11.5 Å². The molecule has 4 aromatic carbocycles. The Hall–Kier alpha value is -3.88. The Bertz CT molecular complexity index is 1530. The van der Waals surface area contributed by atoms with E-state index in [0.29, 0.717) is 34.3 Å². The van der Waals surface area contributed by atoms with E-state index in [0.717, 1.165) is 30.4 Å². The summed E-state index contributed by atoms with van der Waals surface area (Å²) < 4.78 is 6.08. The molecule has 41 heavy (non-hydrogen) atoms. The number of aliphatic hydroxyl groups excluding tert-OH is 1. The lowest BCUT2D eigenvalue weighted by atomic mass is 9.88. The minimum absolute atomic E-state index is 0. The number of amides is 1. The molecule has 1 aliphatic rings. The van der Waals surface area contributed by atoms with Gasteiger partial charge in [-0.05, 0) is 84.5 Å². The Morgan fingerprint density at radius 1 is 0.902 bits per heavy atom. The van der Waals surface area contributed by atoms with Crippen LogP contribution >= 0.6 is 24.0 Å². The molecule has 0 spiro atoms. The lowest BCUT2D eigenvalue weighted by Gasteiger charge is -2.27. The number of carbonyl (C=O) groups excluding carboxylic acids is 1. The summed E-state index contributed by atoms with van der Waals surface area (Å²) in [5.41, 5.74) is 3.92. The van der Waals surface area contributed by atoms with Crippen molar-refractivity contribution in [1.29, 1.82) is 0 Å². The number of nitrogens with one attached hydrogen (secondary N) is 2. The molecule has 0 radical (unpaired) electrons. The highest BCUT2D eigenvalue weighted by molar-refractivity contribution is 6.30. The lowest BCUT2D eigenvalue weighted by molar-refractivity contribution is 0.0696. The number of hydrogen-bond acceptors (Lipinski definition) is 5. The molecule has 2 atom stereocenters. The molecule has 1 aliphatic carbocycles. The molecular weight excluding hydrogens is 563 g/mol. The van der Waals surface area contributed by atoms with Crippen molar-refractivity contribution in [2.75, 3.05) is 11.9 Å². The standard InChI is InChI=1S/C32H29ClN2O5.ClH/c33-25-8-4-7-22(13-25)30(36)19-34-26-11-9-20-10-12-28(16-23(20)14-26)40-29-17-24(32(38)39)15-27(18-29)35-31(37)21-5-2-1-3-6-21;/h1-8,10,12-13,15-18,26,30,34,36H,9,11,14,19H2,(H,35,37)(H,38,39);1H/t26-,30-;/m0./s1. The molecule has 212 valence electrons. The molecule has 0 fully saturated rings. The monoisotopic (exact) mass is 592 g/mol. The molecule has 1 amide bonds. The average molecular weight is 594 g/mol. The van der Waals surface area contributed by atoms with E-state index in [-0.39, 0.29) is 29.9 Å². The second-order valence-electron chi connectivity index (χ2n) is 9.82. The number of hydrogen-bond donors (Lipinski definition) is 4. The molecule has 4 N–H and O–H groups in total. The second kappa shape index (κ2) is 13.7. The van der Waals surface area contributed by atoms with E-state index < -0.39 is 12.1 Å². The maximum atomic E-state index is 12.6. The third kappa shape index (κ3) is 7.86. The summed E-state index contributed by atoms with van der Waals surface area (Å²) in [5.74, 6) is -0.596. The van der Waals surface area contributed by atoms with Gasteiger partial charge in [-0.1, -0.05) is 48.0 Å². The second-order valence-corrected chi connectivity index (χ2v) is 10.3. The summed E-state index contributed by atoms with van der Waals surface area (Å²) in [6.45, 7) is 0.413. The van der Waals surface area contributed by atoms with Crippen molar-refractivity contribution >= 4 is 41.6 Å². The Labute approximate surface area is 249 Å². The van der Waals surface area contributed by atoms with E-state index in [1.807, 2.05) is 36.4 Å². The number of carboxylic acids is 1. The van der Waals surface area contributed by atoms with Gasteiger partial charge < -0.3 is 25.6 Å². The largest absolute Gasteiger partial charge is 0.478 e. The molecule has 4 aromatic rings. The zero-order valence-corrected chi connectivity index (χ0v) is 23.6. The number of fused-ring (bicyclic) bond motifs is 1. The lowest BCUT2D eigenvalue weighted by Crippen LogP contribution is -2.37. The maximum Gasteiger partial charge on any atom is 0.335 e. The van der Waals surface area contributed by atoms with Crippen molar-refractivity contribution in [1.82, 2.24) is 5.32 Å². The van der Waals surface area contributed by atoms with Crippen LogP contribution in [0.4, 0.5) is 5.69 Å². The van der Waals surface area contributed by atoms with Crippen molar-refractivity contribution in [3.8, 4) is 11.5 Å². The van der Waals surface area contributed by atoms with Gasteiger partial charge in [0, 0.05) is 34.9 Å². The van der Waals surface area contributed by atoms with E-state index in [4.69, 9.17) is 16.3 Å². The van der Waals surface area contributed by atoms with Gasteiger partial charge in [0.25, 0.3) is 5.91 Å². The van der Waals surface area contributed by atoms with Crippen LogP contribution in [0.3, 0.4) is 0 Å². The zero-order chi connectivity index (χ0) is 28.1. The first-order chi connectivity index (χ1) is 19.3. The number of aliphatic hydroxyl groups is 1. The van der Waals surface area contributed by atoms with Gasteiger partial charge >= 0.3 is 5.97 Å². The highest BCUT2D eigenvalue weighted by Gasteiger charge is 2.21. The van der Waals surface area contributed by atoms with Gasteiger partial charge in [-0.15, -0.1) is 12.4 Å². The van der Waals surface area contributed by atoms with Crippen LogP contribution in [0.25, 0.3) is 0 Å². The number of anilines is 1. The quantitative estimate of drug-likeness (QED) is 0.172. The van der Waals surface area contributed by atoms with Crippen molar-refractivity contribution in [2.24, 2.45) is 0 Å². The van der Waals surface area contributed by atoms with E-state index in [1.54, 1.807) is 42.5 Å². The van der Waals surface area contributed by atoms with Crippen LogP contribution in [0.2, 0.25) is 5.02 Å². The van der Waals surface area contributed by atoms with Crippen LogP contribution in [0, 0.1) is 0 Å². The molecule has 0 aliphatic heterocycles. The van der Waals surface area contributed by atoms with E-state index in [9.17, 15) is 19.8 Å². The minimum atomic E-state index is -1.13. The summed E-state index contributed by atoms with van der Waals surface area (Å²) >= 11 is 6.06. The average Bonchev–Trinajstić information content (AvgIpc) is 2.96. The minimum Gasteiger partial charge on any atom is -0.478 e. The van der Waals surface area contributed by atoms with Crippen LogP contribution in [-0.4, -0.2) is 34.7 Å². The van der Waals surface area contributed by atoms with Gasteiger partial charge in [0.1, 0.15) is 11.5 Å². The Morgan fingerprint density at radius 3 is 2.46 bits per heavy atom. The number of benzene rings is 4. The summed E-state index contributed by atoms with van der Waals surface area (Å²) in [5, 5.41) is 27.0. The first kappa shape index (κ1) is 30.1. The predicted molar refractivity (Wildman–Crippen MR) is 162 cm³/mol. The molecule has 0 saturated heterocycles. The molecular formula is C32H30Cl2N2O5. The molecule has 0 aromatic heterocycles. The van der Waals surface area contributed by atoms with E-state index in [2.05, 4.69) is 10.6 Å². The van der Waals surface area contributed by atoms with E-state index in [1.165, 1.54) is 17.7 Å². The summed E-state index contributed by atoms with van der Waals surface area (Å²) in [7, 11) is 0. The van der Waals surface area contributed by atoms with Crippen LogP contribution in [0.1, 0.15) is 49.9 Å². The summed E-state index contributed by atoms with van der Waals surface area (Å²) in [4.78, 5) is 24.4. The van der Waals surface area contributed by atoms with Crippen LogP contribution < -0.4 is 15.4 Å². The normalized spacial score (nSPS) is 14.7. The fourth-order valence-electron chi connectivity index (χ4n) is 4.86. The topological polar surface area (TPSA) is 108 Å². The number of halogens is 2. The Balaban J connectivity index is 0.00000387. The molecule has 0 saturated carbocycles. The molecule has 0 heterocycles. The van der Waals surface area contributed by atoms with Gasteiger partial charge in [0.05, 0.1) is 11.7 Å². The molecule has 0 unspecified atom stereocenters. The van der Waals surface area contributed by atoms with Gasteiger partial charge in [-0.2, -0.15) is 0 Å². The molecule has 5 rings (SSSR count). The van der Waals surface area contributed by atoms with Crippen molar-refractivity contribution < 1.29 is 24.5 Å². The number of rotatable bonds is 9. The third-order valence-electron chi connectivity index (χ3n) is 6.92. The summed E-state index contributed by atoms with van der Waals surface area (Å²) in [6, 6.07) is 26.4. The van der Waals surface area contributed by atoms with Crippen LogP contribution in [-0.2, 0) is 12.8 Å². The number of aromatic carboxylic acids is 1. The number of ether oxygens (including phenoxy) is 1. The fourth-order valence-corrected chi connectivity index (χ4v) is 5.06. The Kier molecular flexibility index (Phi) is 10.0. The smallest absolute Gasteiger partial charge is 0.335 e. The summed E-state index contributed by atoms with van der Waals surface area (Å²) in [6.07, 6.45) is 1.95. The van der Waals surface area contributed by atoms with Gasteiger partial charge in [0.15, 0.2) is 0 Å². The first-order valence-corrected chi connectivity index (χ1v) is 13.4. The molecule has 9 heteroatoms. The third-order valence-corrected chi connectivity index (χ3v) is 7.16. The van der Waals surface area contributed by atoms with Crippen molar-refractivity contribution in [3.63, 3.8) is 0 Å². The first-order valence-electron chi connectivity index (χ1n) is 13.1. The van der Waals surface area contributed by atoms with Crippen molar-refractivity contribution in [3.05, 3.63) is 124 Å². The highest BCUT2D eigenvalue weighted by Crippen LogP contribution is 2.31. The SMILES string of the molecule is Cl.O=C(O)c1cc(NC(=O)c2ccccc2)cc(Oc2ccc3c(c2)C[C@@H](NC[C@H](O)c2cccc(Cl)c2)CC3)c1. The van der Waals surface area contributed by atoms with Gasteiger partial charge in [-0.25, -0.2) is 4.79 Å². The maximum absolute atomic E-state index is 12.6. The van der Waals surface area contributed by atoms with Gasteiger partial charge in [-0.3, -0.25) is 4.79 Å². The van der Waals surface area contributed by atoms with Gasteiger partial charge in [0.2, 0.25) is 0 Å². The Morgan fingerprint density at radius 2 is 1.71 bits per heavy atom. The fraction of sp³-hybridized carbons (Fsp3) is 0.188. The highest BCUT2D eigenvalue weighted by atomic mass is 35.5. The molecule has 7 nitrogen and oxygen atoms in total. The zero-order valence-electron chi connectivity index (χ0n) is 22.0. The van der Waals surface area contributed by atoms with Crippen molar-refractivity contribution in [2.45, 2.75) is 31.4 Å². The van der Waals surface area contributed by atoms with Crippen LogP contribution in [0.15, 0.2) is 91.0 Å².